The highest BCUT2D eigenvalue weighted by molar-refractivity contribution is 6.29. The van der Waals surface area contributed by atoms with E-state index in [-0.39, 0.29) is 23.7 Å². The van der Waals surface area contributed by atoms with E-state index >= 15 is 0 Å². The number of H-pyrrole nitrogens is 1. The summed E-state index contributed by atoms with van der Waals surface area (Å²) >= 11 is 5.82. The van der Waals surface area contributed by atoms with Crippen LogP contribution in [0, 0.1) is 5.92 Å². The lowest BCUT2D eigenvalue weighted by Crippen LogP contribution is -2.46. The van der Waals surface area contributed by atoms with Gasteiger partial charge in [-0.05, 0) is 37.5 Å². The van der Waals surface area contributed by atoms with Crippen molar-refractivity contribution in [2.75, 3.05) is 26.2 Å². The van der Waals surface area contributed by atoms with Gasteiger partial charge in [-0.1, -0.05) is 11.6 Å². The van der Waals surface area contributed by atoms with Gasteiger partial charge in [-0.2, -0.15) is 0 Å². The van der Waals surface area contributed by atoms with Gasteiger partial charge in [0.2, 0.25) is 5.91 Å². The molecule has 3 aromatic heterocycles. The van der Waals surface area contributed by atoms with E-state index in [9.17, 15) is 9.59 Å². The number of pyridine rings is 2. The van der Waals surface area contributed by atoms with Crippen molar-refractivity contribution in [2.45, 2.75) is 25.2 Å². The zero-order valence-corrected chi connectivity index (χ0v) is 17.8. The number of rotatable bonds is 3. The molecule has 1 N–H and O–H groups in total. The lowest BCUT2D eigenvalue weighted by molar-refractivity contribution is -0.135. The van der Waals surface area contributed by atoms with Crippen molar-refractivity contribution < 1.29 is 9.59 Å². The van der Waals surface area contributed by atoms with Gasteiger partial charge in [0.1, 0.15) is 11.0 Å². The largest absolute Gasteiger partial charge is 0.342 e. The second-order valence-electron chi connectivity index (χ2n) is 8.24. The van der Waals surface area contributed by atoms with Crippen molar-refractivity contribution in [3.05, 3.63) is 53.3 Å². The number of nitrogens with one attached hydrogen (secondary N) is 1. The highest BCUT2D eigenvalue weighted by Crippen LogP contribution is 2.29. The maximum atomic E-state index is 13.2. The first-order valence-corrected chi connectivity index (χ1v) is 11.0. The quantitative estimate of drug-likeness (QED) is 0.634. The Morgan fingerprint density at radius 1 is 1.06 bits per heavy atom. The number of fused-ring (bicyclic) bond motifs is 1. The first-order chi connectivity index (χ1) is 15.1. The van der Waals surface area contributed by atoms with E-state index in [2.05, 4.69) is 19.9 Å². The van der Waals surface area contributed by atoms with Crippen LogP contribution in [0.3, 0.4) is 0 Å². The molecule has 2 atom stereocenters. The maximum Gasteiger partial charge on any atom is 0.255 e. The highest BCUT2D eigenvalue weighted by atomic mass is 35.5. The number of hydrogen-bond donors (Lipinski definition) is 1. The molecule has 9 heteroatoms. The molecule has 31 heavy (non-hydrogen) atoms. The number of aromatic nitrogens is 4. The number of hydrogen-bond acceptors (Lipinski definition) is 5. The number of carbonyl (C=O) groups is 2. The molecule has 2 fully saturated rings. The molecule has 0 saturated carbocycles. The summed E-state index contributed by atoms with van der Waals surface area (Å²) in [6.07, 6.45) is 7.49. The summed E-state index contributed by atoms with van der Waals surface area (Å²) in [5.74, 6) is 0.965. The molecule has 0 bridgehead atoms. The Hall–Kier alpha value is -3.00. The molecular weight excluding hydrogens is 416 g/mol. The molecule has 3 aromatic rings. The second kappa shape index (κ2) is 8.26. The molecule has 0 aromatic carbocycles. The summed E-state index contributed by atoms with van der Waals surface area (Å²) in [6.45, 7) is 2.46. The van der Waals surface area contributed by atoms with Crippen LogP contribution in [0.2, 0.25) is 5.15 Å². The van der Waals surface area contributed by atoms with E-state index < -0.39 is 0 Å². The van der Waals surface area contributed by atoms with Gasteiger partial charge >= 0.3 is 0 Å². The smallest absolute Gasteiger partial charge is 0.255 e. The number of halogens is 1. The fourth-order valence-corrected chi connectivity index (χ4v) is 4.67. The molecule has 8 nitrogen and oxygen atoms in total. The summed E-state index contributed by atoms with van der Waals surface area (Å²) in [7, 11) is 0. The molecule has 2 aliphatic heterocycles. The monoisotopic (exact) mass is 438 g/mol. The number of imidazole rings is 1. The molecule has 0 aliphatic carbocycles. The van der Waals surface area contributed by atoms with Crippen LogP contribution in [0.15, 0.2) is 36.8 Å². The summed E-state index contributed by atoms with van der Waals surface area (Å²) in [6, 6.07) is 5.17. The van der Waals surface area contributed by atoms with E-state index in [1.807, 2.05) is 11.0 Å². The van der Waals surface area contributed by atoms with E-state index in [1.165, 1.54) is 6.20 Å². The van der Waals surface area contributed by atoms with Crippen LogP contribution >= 0.6 is 11.6 Å². The van der Waals surface area contributed by atoms with Gasteiger partial charge in [0.05, 0.1) is 28.7 Å². The highest BCUT2D eigenvalue weighted by Gasteiger charge is 2.36. The molecular formula is C22H23ClN6O2. The fourth-order valence-electron chi connectivity index (χ4n) is 4.56. The van der Waals surface area contributed by atoms with Crippen LogP contribution < -0.4 is 0 Å². The van der Waals surface area contributed by atoms with Crippen molar-refractivity contribution >= 4 is 34.4 Å². The Labute approximate surface area is 184 Å². The van der Waals surface area contributed by atoms with E-state index in [0.717, 1.165) is 36.1 Å². The van der Waals surface area contributed by atoms with Crippen LogP contribution in [-0.4, -0.2) is 67.7 Å². The third-order valence-electron chi connectivity index (χ3n) is 6.22. The fraction of sp³-hybridized carbons (Fsp3) is 0.409. The predicted octanol–water partition coefficient (Wildman–Crippen LogP) is 2.87. The minimum Gasteiger partial charge on any atom is -0.342 e. The number of aromatic amines is 1. The van der Waals surface area contributed by atoms with Gasteiger partial charge in [0.25, 0.3) is 5.91 Å². The van der Waals surface area contributed by atoms with Crippen LogP contribution in [-0.2, 0) is 4.79 Å². The summed E-state index contributed by atoms with van der Waals surface area (Å²) < 4.78 is 0. The average Bonchev–Trinajstić information content (AvgIpc) is 3.46. The summed E-state index contributed by atoms with van der Waals surface area (Å²) in [5, 5.41) is 0.354. The minimum atomic E-state index is -0.170. The number of piperidine rings is 1. The topological polar surface area (TPSA) is 95.1 Å². The summed E-state index contributed by atoms with van der Waals surface area (Å²) in [5.41, 5.74) is 2.31. The zero-order chi connectivity index (χ0) is 21.4. The molecule has 2 saturated heterocycles. The number of carbonyl (C=O) groups excluding carboxylic acids is 2. The van der Waals surface area contributed by atoms with Gasteiger partial charge in [0.15, 0.2) is 0 Å². The Kier molecular flexibility index (Phi) is 5.31. The third kappa shape index (κ3) is 3.99. The standard InChI is InChI=1S/C22H23ClN6O2/c23-19-4-3-14(10-25-19)21(30)28-8-1-2-16(13-28)22(31)29-9-6-15(12-29)20-26-17-5-7-24-11-18(17)27-20/h3-5,7,10-11,15-16H,1-2,6,8-9,12-13H2,(H,26,27). The molecule has 0 spiro atoms. The number of amides is 2. The maximum absolute atomic E-state index is 13.2. The van der Waals surface area contributed by atoms with Crippen molar-refractivity contribution in [1.82, 2.24) is 29.7 Å². The van der Waals surface area contributed by atoms with Crippen molar-refractivity contribution in [2.24, 2.45) is 5.92 Å². The Bertz CT molecular complexity index is 1080. The Balaban J connectivity index is 1.23. The third-order valence-corrected chi connectivity index (χ3v) is 6.44. The van der Waals surface area contributed by atoms with Gasteiger partial charge in [-0.15, -0.1) is 0 Å². The average molecular weight is 439 g/mol. The van der Waals surface area contributed by atoms with Crippen molar-refractivity contribution in [1.29, 1.82) is 0 Å². The Morgan fingerprint density at radius 3 is 2.77 bits per heavy atom. The lowest BCUT2D eigenvalue weighted by atomic mass is 9.96. The van der Waals surface area contributed by atoms with E-state index in [1.54, 1.807) is 29.4 Å². The second-order valence-corrected chi connectivity index (χ2v) is 8.63. The molecule has 2 aliphatic rings. The summed E-state index contributed by atoms with van der Waals surface area (Å²) in [4.78, 5) is 45.9. The molecule has 2 unspecified atom stereocenters. The molecule has 5 rings (SSSR count). The van der Waals surface area contributed by atoms with Crippen LogP contribution in [0.1, 0.15) is 41.4 Å². The Morgan fingerprint density at radius 2 is 1.97 bits per heavy atom. The minimum absolute atomic E-state index is 0.100. The first kappa shape index (κ1) is 19.9. The van der Waals surface area contributed by atoms with E-state index in [0.29, 0.717) is 36.9 Å². The molecule has 5 heterocycles. The molecule has 2 amide bonds. The van der Waals surface area contributed by atoms with Gasteiger partial charge in [-0.3, -0.25) is 14.6 Å². The van der Waals surface area contributed by atoms with Crippen LogP contribution in [0.5, 0.6) is 0 Å². The van der Waals surface area contributed by atoms with Crippen LogP contribution in [0.25, 0.3) is 11.0 Å². The van der Waals surface area contributed by atoms with Gasteiger partial charge in [-0.25, -0.2) is 9.97 Å². The van der Waals surface area contributed by atoms with Crippen molar-refractivity contribution in [3.8, 4) is 0 Å². The van der Waals surface area contributed by atoms with Gasteiger partial charge < -0.3 is 14.8 Å². The van der Waals surface area contributed by atoms with Crippen LogP contribution in [0.4, 0.5) is 0 Å². The SMILES string of the molecule is O=C(c1ccc(Cl)nc1)N1CCCC(C(=O)N2CCC(c3nc4ccncc4[nH]3)C2)C1. The molecule has 160 valence electrons. The number of nitrogens with zero attached hydrogens (tertiary/aromatic N) is 5. The van der Waals surface area contributed by atoms with E-state index in [4.69, 9.17) is 11.6 Å². The number of likely N-dealkylation sites (tertiary alicyclic amines) is 2. The lowest BCUT2D eigenvalue weighted by Gasteiger charge is -2.34. The normalized spacial score (nSPS) is 21.6. The molecule has 0 radical (unpaired) electrons. The van der Waals surface area contributed by atoms with Gasteiger partial charge in [0, 0.05) is 44.5 Å². The predicted molar refractivity (Wildman–Crippen MR) is 116 cm³/mol. The van der Waals surface area contributed by atoms with Crippen molar-refractivity contribution in [3.63, 3.8) is 0 Å². The zero-order valence-electron chi connectivity index (χ0n) is 17.0. The first-order valence-electron chi connectivity index (χ1n) is 10.6.